The Balaban J connectivity index is 1.55. The van der Waals surface area contributed by atoms with Gasteiger partial charge in [0.15, 0.2) is 0 Å². The van der Waals surface area contributed by atoms with E-state index in [-0.39, 0.29) is 12.0 Å². The first-order chi connectivity index (χ1) is 11.8. The Labute approximate surface area is 144 Å². The Morgan fingerprint density at radius 3 is 3.12 bits per heavy atom. The second-order valence-corrected chi connectivity index (χ2v) is 7.50. The van der Waals surface area contributed by atoms with Crippen LogP contribution in [0.2, 0.25) is 0 Å². The van der Waals surface area contributed by atoms with Gasteiger partial charge in [-0.15, -0.1) is 11.3 Å². The van der Waals surface area contributed by atoms with Crippen molar-refractivity contribution in [2.45, 2.75) is 50.7 Å². The molecule has 2 aliphatic rings. The monoisotopic (exact) mass is 347 g/mol. The number of esters is 1. The third kappa shape index (κ3) is 2.86. The number of carbonyl (C=O) groups is 1. The van der Waals surface area contributed by atoms with Crippen LogP contribution in [0.25, 0.3) is 10.7 Å². The zero-order chi connectivity index (χ0) is 16.5. The normalized spacial score (nSPS) is 27.1. The average Bonchev–Trinajstić information content (AvgIpc) is 3.34. The zero-order valence-corrected chi connectivity index (χ0v) is 14.5. The van der Waals surface area contributed by atoms with Gasteiger partial charge in [0.05, 0.1) is 18.5 Å². The van der Waals surface area contributed by atoms with Crippen LogP contribution >= 0.6 is 11.3 Å². The summed E-state index contributed by atoms with van der Waals surface area (Å²) in [5, 5.41) is 6.07. The Kier molecular flexibility index (Phi) is 4.37. The predicted octanol–water partition coefficient (Wildman–Crippen LogP) is 3.10. The van der Waals surface area contributed by atoms with Crippen LogP contribution < -0.4 is 0 Å². The summed E-state index contributed by atoms with van der Waals surface area (Å²) in [6.45, 7) is 0.513. The van der Waals surface area contributed by atoms with Crippen LogP contribution in [0.3, 0.4) is 0 Å². The van der Waals surface area contributed by atoms with Crippen LogP contribution in [-0.2, 0) is 16.1 Å². The summed E-state index contributed by atoms with van der Waals surface area (Å²) in [5.41, 5.74) is 0. The van der Waals surface area contributed by atoms with E-state index in [1.54, 1.807) is 11.3 Å². The van der Waals surface area contributed by atoms with Crippen LogP contribution in [0.1, 0.15) is 38.0 Å². The minimum atomic E-state index is -0.194. The van der Waals surface area contributed by atoms with Gasteiger partial charge in [-0.2, -0.15) is 4.98 Å². The number of likely N-dealkylation sites (tertiary alicyclic amines) is 1. The third-order valence-corrected chi connectivity index (χ3v) is 6.09. The standard InChI is InChI=1S/C17H21N3O3S/c1-22-17(21)13-9-11-5-2-3-6-12(11)20(13)10-15-18-16(19-23-15)14-7-4-8-24-14/h4,7-8,11-13H,2-3,5-6,9-10H2,1H3. The summed E-state index contributed by atoms with van der Waals surface area (Å²) in [4.78, 5) is 19.9. The highest BCUT2D eigenvalue weighted by molar-refractivity contribution is 7.13. The molecular formula is C17H21N3O3S. The van der Waals surface area contributed by atoms with E-state index < -0.39 is 0 Å². The third-order valence-electron chi connectivity index (χ3n) is 5.22. The molecule has 3 atom stereocenters. The fourth-order valence-electron chi connectivity index (χ4n) is 4.13. The molecule has 7 heteroatoms. The van der Waals surface area contributed by atoms with Gasteiger partial charge < -0.3 is 9.26 Å². The fraction of sp³-hybridized carbons (Fsp3) is 0.588. The maximum atomic E-state index is 12.2. The van der Waals surface area contributed by atoms with Gasteiger partial charge >= 0.3 is 5.97 Å². The van der Waals surface area contributed by atoms with Gasteiger partial charge in [0.2, 0.25) is 11.7 Å². The van der Waals surface area contributed by atoms with Gasteiger partial charge in [0.1, 0.15) is 6.04 Å². The van der Waals surface area contributed by atoms with E-state index in [9.17, 15) is 4.79 Å². The molecule has 2 aromatic heterocycles. The molecule has 128 valence electrons. The molecule has 0 amide bonds. The van der Waals surface area contributed by atoms with Gasteiger partial charge in [-0.25, -0.2) is 0 Å². The van der Waals surface area contributed by atoms with E-state index in [4.69, 9.17) is 9.26 Å². The second kappa shape index (κ2) is 6.64. The molecule has 0 radical (unpaired) electrons. The number of hydrogen-bond donors (Lipinski definition) is 0. The first kappa shape index (κ1) is 15.8. The van der Waals surface area contributed by atoms with Crippen LogP contribution in [0.5, 0.6) is 0 Å². The molecule has 2 aromatic rings. The lowest BCUT2D eigenvalue weighted by atomic mass is 9.85. The molecule has 0 aromatic carbocycles. The lowest BCUT2D eigenvalue weighted by Gasteiger charge is -2.32. The summed E-state index contributed by atoms with van der Waals surface area (Å²) in [6.07, 6.45) is 5.67. The maximum Gasteiger partial charge on any atom is 0.323 e. The minimum Gasteiger partial charge on any atom is -0.468 e. The molecule has 3 heterocycles. The zero-order valence-electron chi connectivity index (χ0n) is 13.7. The van der Waals surface area contributed by atoms with E-state index >= 15 is 0 Å². The minimum absolute atomic E-state index is 0.151. The van der Waals surface area contributed by atoms with Gasteiger partial charge in [-0.1, -0.05) is 24.1 Å². The fourth-order valence-corrected chi connectivity index (χ4v) is 4.78. The van der Waals surface area contributed by atoms with Gasteiger partial charge in [0.25, 0.3) is 0 Å². The summed E-state index contributed by atoms with van der Waals surface area (Å²) < 4.78 is 10.5. The Morgan fingerprint density at radius 2 is 2.33 bits per heavy atom. The van der Waals surface area contributed by atoms with Crippen molar-refractivity contribution < 1.29 is 14.1 Å². The Hall–Kier alpha value is -1.73. The number of nitrogens with zero attached hydrogens (tertiary/aromatic N) is 3. The van der Waals surface area contributed by atoms with Crippen molar-refractivity contribution in [1.29, 1.82) is 0 Å². The van der Waals surface area contributed by atoms with Crippen molar-refractivity contribution in [3.8, 4) is 10.7 Å². The highest BCUT2D eigenvalue weighted by Gasteiger charge is 2.46. The number of ether oxygens (including phenoxy) is 1. The summed E-state index contributed by atoms with van der Waals surface area (Å²) in [7, 11) is 1.46. The number of thiophene rings is 1. The smallest absolute Gasteiger partial charge is 0.323 e. The number of rotatable bonds is 4. The maximum absolute atomic E-state index is 12.2. The molecule has 0 N–H and O–H groups in total. The van der Waals surface area contributed by atoms with Crippen molar-refractivity contribution in [1.82, 2.24) is 15.0 Å². The van der Waals surface area contributed by atoms with Gasteiger partial charge in [-0.3, -0.25) is 9.69 Å². The molecule has 2 fully saturated rings. The molecule has 6 nitrogen and oxygen atoms in total. The molecule has 4 rings (SSSR count). The predicted molar refractivity (Wildman–Crippen MR) is 89.3 cm³/mol. The molecule has 0 bridgehead atoms. The molecular weight excluding hydrogens is 326 g/mol. The number of hydrogen-bond acceptors (Lipinski definition) is 7. The number of methoxy groups -OCH3 is 1. The number of aromatic nitrogens is 2. The summed E-state index contributed by atoms with van der Waals surface area (Å²) in [6, 6.07) is 4.17. The van der Waals surface area contributed by atoms with Crippen LogP contribution in [-0.4, -0.2) is 40.2 Å². The lowest BCUT2D eigenvalue weighted by Crippen LogP contribution is -2.42. The SMILES string of the molecule is COC(=O)C1CC2CCCCC2N1Cc1nc(-c2cccs2)no1. The molecule has 1 saturated heterocycles. The van der Waals surface area contributed by atoms with Crippen molar-refractivity contribution in [3.63, 3.8) is 0 Å². The lowest BCUT2D eigenvalue weighted by molar-refractivity contribution is -0.146. The molecule has 0 spiro atoms. The van der Waals surface area contributed by atoms with E-state index in [0.29, 0.717) is 30.2 Å². The second-order valence-electron chi connectivity index (χ2n) is 6.55. The van der Waals surface area contributed by atoms with Crippen molar-refractivity contribution in [2.75, 3.05) is 7.11 Å². The van der Waals surface area contributed by atoms with E-state index in [1.807, 2.05) is 17.5 Å². The number of fused-ring (bicyclic) bond motifs is 1. The molecule has 1 aliphatic carbocycles. The molecule has 3 unspecified atom stereocenters. The van der Waals surface area contributed by atoms with E-state index in [1.165, 1.54) is 26.4 Å². The van der Waals surface area contributed by atoms with Crippen molar-refractivity contribution in [3.05, 3.63) is 23.4 Å². The quantitative estimate of drug-likeness (QED) is 0.792. The van der Waals surface area contributed by atoms with Crippen molar-refractivity contribution in [2.24, 2.45) is 5.92 Å². The van der Waals surface area contributed by atoms with Crippen LogP contribution in [0.4, 0.5) is 0 Å². The van der Waals surface area contributed by atoms with Gasteiger partial charge in [0, 0.05) is 6.04 Å². The van der Waals surface area contributed by atoms with Crippen LogP contribution in [0, 0.1) is 5.92 Å². The Bertz CT molecular complexity index is 700. The average molecular weight is 347 g/mol. The molecule has 1 aliphatic heterocycles. The first-order valence-electron chi connectivity index (χ1n) is 8.46. The topological polar surface area (TPSA) is 68.5 Å². The van der Waals surface area contributed by atoms with E-state index in [2.05, 4.69) is 15.0 Å². The largest absolute Gasteiger partial charge is 0.468 e. The molecule has 24 heavy (non-hydrogen) atoms. The number of carbonyl (C=O) groups excluding carboxylic acids is 1. The first-order valence-corrected chi connectivity index (χ1v) is 9.34. The van der Waals surface area contributed by atoms with Crippen molar-refractivity contribution >= 4 is 17.3 Å². The highest BCUT2D eigenvalue weighted by atomic mass is 32.1. The van der Waals surface area contributed by atoms with Crippen LogP contribution in [0.15, 0.2) is 22.0 Å². The summed E-state index contributed by atoms with van der Waals surface area (Å²) >= 11 is 1.59. The molecule has 1 saturated carbocycles. The summed E-state index contributed by atoms with van der Waals surface area (Å²) in [5.74, 6) is 1.61. The van der Waals surface area contributed by atoms with E-state index in [0.717, 1.165) is 17.7 Å². The van der Waals surface area contributed by atoms with Gasteiger partial charge in [-0.05, 0) is 36.6 Å². The Morgan fingerprint density at radius 1 is 1.46 bits per heavy atom. The highest BCUT2D eigenvalue weighted by Crippen LogP contribution is 2.40.